The summed E-state index contributed by atoms with van der Waals surface area (Å²) in [6.45, 7) is 4.58. The van der Waals surface area contributed by atoms with E-state index in [9.17, 15) is 13.5 Å². The lowest BCUT2D eigenvalue weighted by molar-refractivity contribution is 0.104. The van der Waals surface area contributed by atoms with Gasteiger partial charge in [-0.2, -0.15) is 4.31 Å². The number of aliphatic hydroxyl groups is 1. The van der Waals surface area contributed by atoms with E-state index in [0.717, 1.165) is 0 Å². The fraction of sp³-hybridized carbons (Fsp3) is 1.00. The average molecular weight is 207 g/mol. The Labute approximate surface area is 79.6 Å². The zero-order valence-electron chi connectivity index (χ0n) is 8.10. The normalized spacial score (nSPS) is 25.2. The van der Waals surface area contributed by atoms with Crippen LogP contribution in [-0.2, 0) is 10.0 Å². The van der Waals surface area contributed by atoms with E-state index in [1.807, 2.05) is 13.8 Å². The van der Waals surface area contributed by atoms with E-state index in [0.29, 0.717) is 13.0 Å². The quantitative estimate of drug-likeness (QED) is 0.711. The molecule has 0 radical (unpaired) electrons. The number of hydrogen-bond acceptors (Lipinski definition) is 3. The van der Waals surface area contributed by atoms with Crippen molar-refractivity contribution < 1.29 is 13.5 Å². The number of rotatable bonds is 3. The molecule has 0 amide bonds. The summed E-state index contributed by atoms with van der Waals surface area (Å²) in [6, 6.07) is 0. The van der Waals surface area contributed by atoms with Crippen molar-refractivity contribution in [2.45, 2.75) is 26.4 Å². The molecule has 0 aromatic carbocycles. The fourth-order valence-corrected chi connectivity index (χ4v) is 2.86. The van der Waals surface area contributed by atoms with Gasteiger partial charge in [-0.15, -0.1) is 0 Å². The van der Waals surface area contributed by atoms with Crippen LogP contribution in [0.15, 0.2) is 0 Å². The topological polar surface area (TPSA) is 57.6 Å². The Hall–Kier alpha value is -0.130. The lowest BCUT2D eigenvalue weighted by Gasteiger charge is -2.20. The summed E-state index contributed by atoms with van der Waals surface area (Å²) in [6.07, 6.45) is 0.139. The summed E-state index contributed by atoms with van der Waals surface area (Å²) in [5, 5.41) is 9.51. The minimum atomic E-state index is -3.04. The Morgan fingerprint density at radius 2 is 2.08 bits per heavy atom. The van der Waals surface area contributed by atoms with Crippen molar-refractivity contribution >= 4 is 10.0 Å². The zero-order valence-corrected chi connectivity index (χ0v) is 8.92. The van der Waals surface area contributed by atoms with Gasteiger partial charge in [0, 0.05) is 13.1 Å². The minimum Gasteiger partial charge on any atom is -0.391 e. The van der Waals surface area contributed by atoms with Gasteiger partial charge in [0.15, 0.2) is 0 Å². The first-order chi connectivity index (χ1) is 5.93. The highest BCUT2D eigenvalue weighted by atomic mass is 32.2. The first-order valence-electron chi connectivity index (χ1n) is 4.59. The van der Waals surface area contributed by atoms with Crippen molar-refractivity contribution in [1.82, 2.24) is 4.31 Å². The first kappa shape index (κ1) is 10.9. The molecule has 1 aliphatic rings. The summed E-state index contributed by atoms with van der Waals surface area (Å²) < 4.78 is 24.1. The van der Waals surface area contributed by atoms with Crippen molar-refractivity contribution in [3.05, 3.63) is 0 Å². The molecule has 1 heterocycles. The number of aliphatic hydroxyl groups excluding tert-OH is 1. The molecule has 1 fully saturated rings. The van der Waals surface area contributed by atoms with Crippen LogP contribution in [0.4, 0.5) is 0 Å². The molecule has 1 aliphatic heterocycles. The third-order valence-corrected chi connectivity index (χ3v) is 4.29. The second kappa shape index (κ2) is 3.94. The van der Waals surface area contributed by atoms with Gasteiger partial charge in [0.05, 0.1) is 11.9 Å². The zero-order chi connectivity index (χ0) is 10.1. The maximum Gasteiger partial charge on any atom is 0.214 e. The van der Waals surface area contributed by atoms with E-state index in [2.05, 4.69) is 0 Å². The fourth-order valence-electron chi connectivity index (χ4n) is 1.32. The van der Waals surface area contributed by atoms with Gasteiger partial charge < -0.3 is 5.11 Å². The van der Waals surface area contributed by atoms with Gasteiger partial charge in [0.2, 0.25) is 10.0 Å². The second-order valence-electron chi connectivity index (χ2n) is 3.84. The van der Waals surface area contributed by atoms with Gasteiger partial charge in [-0.25, -0.2) is 8.42 Å². The molecule has 0 spiro atoms. The molecule has 78 valence electrons. The standard InChI is InChI=1S/C8H17NO3S/c1-7(2)8(10)6-9-4-3-5-13(9,11)12/h7-8,10H,3-6H2,1-2H3. The summed E-state index contributed by atoms with van der Waals surface area (Å²) in [5.41, 5.74) is 0. The average Bonchev–Trinajstić information content (AvgIpc) is 2.30. The van der Waals surface area contributed by atoms with E-state index in [4.69, 9.17) is 0 Å². The number of sulfonamides is 1. The van der Waals surface area contributed by atoms with Gasteiger partial charge in [-0.05, 0) is 12.3 Å². The highest BCUT2D eigenvalue weighted by Crippen LogP contribution is 2.15. The minimum absolute atomic E-state index is 0.107. The van der Waals surface area contributed by atoms with Crippen molar-refractivity contribution in [2.24, 2.45) is 5.92 Å². The molecule has 13 heavy (non-hydrogen) atoms. The second-order valence-corrected chi connectivity index (χ2v) is 5.93. The molecule has 1 saturated heterocycles. The molecule has 1 rings (SSSR count). The predicted octanol–water partition coefficient (Wildman–Crippen LogP) is 0.0388. The van der Waals surface area contributed by atoms with Crippen LogP contribution in [0, 0.1) is 5.92 Å². The van der Waals surface area contributed by atoms with E-state index in [-0.39, 0.29) is 18.2 Å². The maximum absolute atomic E-state index is 11.3. The van der Waals surface area contributed by atoms with Crippen LogP contribution in [0.1, 0.15) is 20.3 Å². The SMILES string of the molecule is CC(C)C(O)CN1CCCS1(=O)=O. The predicted molar refractivity (Wildman–Crippen MR) is 50.8 cm³/mol. The van der Waals surface area contributed by atoms with Gasteiger partial charge in [-0.1, -0.05) is 13.8 Å². The van der Waals surface area contributed by atoms with Crippen LogP contribution in [0.5, 0.6) is 0 Å². The molecule has 5 heteroatoms. The lowest BCUT2D eigenvalue weighted by Crippen LogP contribution is -2.36. The van der Waals surface area contributed by atoms with Gasteiger partial charge in [0.25, 0.3) is 0 Å². The van der Waals surface area contributed by atoms with Gasteiger partial charge in [-0.3, -0.25) is 0 Å². The van der Waals surface area contributed by atoms with E-state index < -0.39 is 16.1 Å². The van der Waals surface area contributed by atoms with Crippen LogP contribution in [0.2, 0.25) is 0 Å². The van der Waals surface area contributed by atoms with Crippen LogP contribution in [-0.4, -0.2) is 42.8 Å². The Balaban J connectivity index is 2.55. The third-order valence-electron chi connectivity index (χ3n) is 2.36. The molecule has 1 unspecified atom stereocenters. The molecule has 0 aliphatic carbocycles. The number of hydrogen-bond donors (Lipinski definition) is 1. The molecule has 0 bridgehead atoms. The van der Waals surface area contributed by atoms with Crippen molar-refractivity contribution in [3.8, 4) is 0 Å². The lowest BCUT2D eigenvalue weighted by atomic mass is 10.1. The molecule has 4 nitrogen and oxygen atoms in total. The van der Waals surface area contributed by atoms with E-state index in [1.54, 1.807) is 0 Å². The van der Waals surface area contributed by atoms with Crippen LogP contribution in [0.3, 0.4) is 0 Å². The highest BCUT2D eigenvalue weighted by molar-refractivity contribution is 7.89. The van der Waals surface area contributed by atoms with Crippen LogP contribution < -0.4 is 0 Å². The Kier molecular flexibility index (Phi) is 3.32. The summed E-state index contributed by atoms with van der Waals surface area (Å²) >= 11 is 0. The smallest absolute Gasteiger partial charge is 0.214 e. The van der Waals surface area contributed by atoms with E-state index >= 15 is 0 Å². The number of β-amino-alcohol motifs (C(OH)–C–C–N with tert-alkyl or cyclic N) is 1. The number of nitrogens with zero attached hydrogens (tertiary/aromatic N) is 1. The Morgan fingerprint density at radius 1 is 1.46 bits per heavy atom. The molecular weight excluding hydrogens is 190 g/mol. The molecular formula is C8H17NO3S. The Bertz CT molecular complexity index is 261. The first-order valence-corrected chi connectivity index (χ1v) is 6.20. The van der Waals surface area contributed by atoms with Gasteiger partial charge in [0.1, 0.15) is 0 Å². The van der Waals surface area contributed by atoms with Crippen LogP contribution >= 0.6 is 0 Å². The van der Waals surface area contributed by atoms with Gasteiger partial charge >= 0.3 is 0 Å². The summed E-state index contributed by atoms with van der Waals surface area (Å²) in [4.78, 5) is 0. The summed E-state index contributed by atoms with van der Waals surface area (Å²) in [5.74, 6) is 0.341. The molecule has 0 saturated carbocycles. The molecule has 1 atom stereocenters. The van der Waals surface area contributed by atoms with Crippen LogP contribution in [0.25, 0.3) is 0 Å². The van der Waals surface area contributed by atoms with Crippen molar-refractivity contribution in [3.63, 3.8) is 0 Å². The molecule has 0 aromatic rings. The van der Waals surface area contributed by atoms with E-state index in [1.165, 1.54) is 4.31 Å². The Morgan fingerprint density at radius 3 is 2.46 bits per heavy atom. The molecule has 0 aromatic heterocycles. The highest BCUT2D eigenvalue weighted by Gasteiger charge is 2.30. The van der Waals surface area contributed by atoms with Crippen molar-refractivity contribution in [2.75, 3.05) is 18.8 Å². The molecule has 1 N–H and O–H groups in total. The monoisotopic (exact) mass is 207 g/mol. The van der Waals surface area contributed by atoms with Crippen molar-refractivity contribution in [1.29, 1.82) is 0 Å². The largest absolute Gasteiger partial charge is 0.391 e. The maximum atomic E-state index is 11.3. The third kappa shape index (κ3) is 2.65. The summed E-state index contributed by atoms with van der Waals surface area (Å²) in [7, 11) is -3.04.